The Morgan fingerprint density at radius 1 is 1.29 bits per heavy atom. The Balaban J connectivity index is 2.12. The van der Waals surface area contributed by atoms with Crippen molar-refractivity contribution in [3.05, 3.63) is 0 Å². The van der Waals surface area contributed by atoms with Gasteiger partial charge in [-0.25, -0.2) is 0 Å². The molecular weight excluding hydrogens is 114 g/mol. The molecule has 0 bridgehead atoms. The maximum Gasteiger partial charge on any atom is 0.571 e. The second-order valence-electron chi connectivity index (χ2n) is 1.37. The highest BCUT2D eigenvalue weighted by Gasteiger charge is 2.17. The number of rotatable bonds is 0. The Morgan fingerprint density at radius 3 is 2.14 bits per heavy atom. The van der Waals surface area contributed by atoms with Crippen molar-refractivity contribution < 1.29 is 9.31 Å². The van der Waals surface area contributed by atoms with Crippen molar-refractivity contribution in [2.24, 2.45) is 0 Å². The van der Waals surface area contributed by atoms with Crippen LogP contribution < -0.4 is 0 Å². The molecule has 1 fully saturated rings. The topological polar surface area (TPSA) is 18.5 Å². The van der Waals surface area contributed by atoms with Gasteiger partial charge in [0, 0.05) is 13.2 Å². The van der Waals surface area contributed by atoms with E-state index in [4.69, 9.17) is 20.8 Å². The van der Waals surface area contributed by atoms with Gasteiger partial charge in [-0.1, -0.05) is 0 Å². The lowest BCUT2D eigenvalue weighted by Gasteiger charge is -2.13. The molecule has 0 spiro atoms. The summed E-state index contributed by atoms with van der Waals surface area (Å²) in [5.41, 5.74) is 0. The quantitative estimate of drug-likeness (QED) is 0.437. The number of hydrogen-bond donors (Lipinski definition) is 0. The molecule has 0 atom stereocenters. The number of halogens is 1. The molecule has 2 nitrogen and oxygen atoms in total. The molecule has 0 aromatic heterocycles. The van der Waals surface area contributed by atoms with Gasteiger partial charge in [0.1, 0.15) is 0 Å². The Bertz CT molecular complexity index is 54.9. The molecule has 0 aromatic carbocycles. The average molecular weight is 120 g/mol. The molecule has 0 radical (unpaired) electrons. The minimum absolute atomic E-state index is 0.492. The fourth-order valence-electron chi connectivity index (χ4n) is 0.459. The van der Waals surface area contributed by atoms with Gasteiger partial charge < -0.3 is 9.31 Å². The van der Waals surface area contributed by atoms with Crippen LogP contribution in [0.2, 0.25) is 0 Å². The van der Waals surface area contributed by atoms with Crippen LogP contribution in [0, 0.1) is 0 Å². The van der Waals surface area contributed by atoms with Gasteiger partial charge in [-0.15, -0.1) is 11.5 Å². The smallest absolute Gasteiger partial charge is 0.398 e. The molecular formula is C3H6BClO2. The summed E-state index contributed by atoms with van der Waals surface area (Å²) < 4.78 is 9.64. The fraction of sp³-hybridized carbons (Fsp3) is 1.00. The summed E-state index contributed by atoms with van der Waals surface area (Å²) in [5, 5.41) is 0. The highest BCUT2D eigenvalue weighted by atomic mass is 35.5. The van der Waals surface area contributed by atoms with Gasteiger partial charge in [0.2, 0.25) is 0 Å². The molecule has 0 N–H and O–H groups in total. The standard InChI is InChI=1S/C3H6BClO2/c5-4-6-2-1-3-7-4/h1-3H2. The molecule has 4 heteroatoms. The summed E-state index contributed by atoms with van der Waals surface area (Å²) in [6.45, 7) is 0.969. The average Bonchev–Trinajstić information content (AvgIpc) is 1.69. The van der Waals surface area contributed by atoms with Crippen molar-refractivity contribution in [3.8, 4) is 0 Å². The van der Waals surface area contributed by atoms with Crippen LogP contribution in [0.1, 0.15) is 6.42 Å². The summed E-state index contributed by atoms with van der Waals surface area (Å²) in [6, 6.07) is 0. The summed E-state index contributed by atoms with van der Waals surface area (Å²) in [5.74, 6) is 0. The Hall–Kier alpha value is 0.275. The van der Waals surface area contributed by atoms with Crippen LogP contribution in [-0.2, 0) is 9.31 Å². The first-order chi connectivity index (χ1) is 3.39. The van der Waals surface area contributed by atoms with Crippen LogP contribution in [0.5, 0.6) is 0 Å². The summed E-state index contributed by atoms with van der Waals surface area (Å²) in [7, 11) is 0. The molecule has 1 rings (SSSR count). The largest absolute Gasteiger partial charge is 0.571 e. The van der Waals surface area contributed by atoms with Crippen molar-refractivity contribution in [1.82, 2.24) is 0 Å². The minimum atomic E-state index is -0.492. The van der Waals surface area contributed by atoms with Gasteiger partial charge in [0.15, 0.2) is 0 Å². The zero-order valence-corrected chi connectivity index (χ0v) is 4.65. The molecule has 0 aromatic rings. The van der Waals surface area contributed by atoms with E-state index >= 15 is 0 Å². The molecule has 1 aliphatic heterocycles. The summed E-state index contributed by atoms with van der Waals surface area (Å²) in [6.07, 6.45) is 0.962. The van der Waals surface area contributed by atoms with E-state index in [0.29, 0.717) is 0 Å². The van der Waals surface area contributed by atoms with E-state index in [1.807, 2.05) is 0 Å². The number of hydrogen-bond acceptors (Lipinski definition) is 2. The minimum Gasteiger partial charge on any atom is -0.398 e. The third-order valence-corrected chi connectivity index (χ3v) is 1.04. The van der Waals surface area contributed by atoms with Gasteiger partial charge >= 0.3 is 6.53 Å². The maximum absolute atomic E-state index is 5.37. The Morgan fingerprint density at radius 2 is 1.86 bits per heavy atom. The first-order valence-corrected chi connectivity index (χ1v) is 2.70. The zero-order valence-electron chi connectivity index (χ0n) is 3.89. The van der Waals surface area contributed by atoms with E-state index in [9.17, 15) is 0 Å². The predicted molar refractivity (Wildman–Crippen MR) is 28.1 cm³/mol. The van der Waals surface area contributed by atoms with Crippen LogP contribution >= 0.6 is 11.5 Å². The van der Waals surface area contributed by atoms with E-state index in [2.05, 4.69) is 0 Å². The molecule has 1 saturated heterocycles. The Kier molecular flexibility index (Phi) is 1.97. The predicted octanol–water partition coefficient (Wildman–Crippen LogP) is 0.647. The van der Waals surface area contributed by atoms with Crippen molar-refractivity contribution in [2.75, 3.05) is 13.2 Å². The zero-order chi connectivity index (χ0) is 5.11. The van der Waals surface area contributed by atoms with Crippen molar-refractivity contribution in [3.63, 3.8) is 0 Å². The molecule has 0 amide bonds. The lowest BCUT2D eigenvalue weighted by atomic mass is 10.3. The Labute approximate surface area is 47.8 Å². The van der Waals surface area contributed by atoms with Gasteiger partial charge in [0.25, 0.3) is 0 Å². The lowest BCUT2D eigenvalue weighted by Crippen LogP contribution is -2.23. The van der Waals surface area contributed by atoms with Crippen molar-refractivity contribution >= 4 is 18.0 Å². The van der Waals surface area contributed by atoms with E-state index < -0.39 is 6.53 Å². The molecule has 0 saturated carbocycles. The van der Waals surface area contributed by atoms with Gasteiger partial charge in [-0.2, -0.15) is 0 Å². The lowest BCUT2D eigenvalue weighted by molar-refractivity contribution is 0.148. The van der Waals surface area contributed by atoms with E-state index in [1.165, 1.54) is 0 Å². The highest BCUT2D eigenvalue weighted by Crippen LogP contribution is 2.02. The third kappa shape index (κ3) is 1.67. The second-order valence-corrected chi connectivity index (χ2v) is 1.73. The fourth-order valence-corrected chi connectivity index (χ4v) is 0.637. The summed E-state index contributed by atoms with van der Waals surface area (Å²) in [4.78, 5) is 0. The van der Waals surface area contributed by atoms with Gasteiger partial charge in [-0.05, 0) is 6.42 Å². The van der Waals surface area contributed by atoms with E-state index in [-0.39, 0.29) is 0 Å². The van der Waals surface area contributed by atoms with Crippen LogP contribution in [0.4, 0.5) is 0 Å². The van der Waals surface area contributed by atoms with E-state index in [1.54, 1.807) is 0 Å². The van der Waals surface area contributed by atoms with Crippen molar-refractivity contribution in [1.29, 1.82) is 0 Å². The normalized spacial score (nSPS) is 22.7. The van der Waals surface area contributed by atoms with Crippen LogP contribution in [0.3, 0.4) is 0 Å². The molecule has 1 heterocycles. The van der Waals surface area contributed by atoms with Crippen molar-refractivity contribution in [2.45, 2.75) is 6.42 Å². The van der Waals surface area contributed by atoms with Crippen LogP contribution in [0.15, 0.2) is 0 Å². The summed E-state index contributed by atoms with van der Waals surface area (Å²) >= 11 is 5.37. The molecule has 0 unspecified atom stereocenters. The third-order valence-electron chi connectivity index (χ3n) is 0.786. The monoisotopic (exact) mass is 120 g/mol. The highest BCUT2D eigenvalue weighted by molar-refractivity contribution is 6.99. The molecule has 1 aliphatic rings. The first kappa shape index (κ1) is 5.41. The molecule has 40 valence electrons. The van der Waals surface area contributed by atoms with Crippen LogP contribution in [-0.4, -0.2) is 19.7 Å². The van der Waals surface area contributed by atoms with Gasteiger partial charge in [0.05, 0.1) is 0 Å². The van der Waals surface area contributed by atoms with E-state index in [0.717, 1.165) is 19.6 Å². The maximum atomic E-state index is 5.37. The SMILES string of the molecule is ClB1OCCCO1. The molecule has 0 aliphatic carbocycles. The van der Waals surface area contributed by atoms with Gasteiger partial charge in [-0.3, -0.25) is 0 Å². The first-order valence-electron chi connectivity index (χ1n) is 2.27. The molecule has 7 heavy (non-hydrogen) atoms. The second kappa shape index (κ2) is 2.55. The van der Waals surface area contributed by atoms with Crippen LogP contribution in [0.25, 0.3) is 0 Å².